The number of hydrogen-bond donors (Lipinski definition) is 1. The molecule has 2 aromatic rings. The number of aromatic hydroxyl groups is 1. The molecular formula is C15H14N2O3. The average Bonchev–Trinajstić information content (AvgIpc) is 2.48. The van der Waals surface area contributed by atoms with Crippen LogP contribution in [0.4, 0.5) is 11.4 Å². The van der Waals surface area contributed by atoms with Crippen molar-refractivity contribution in [3.8, 4) is 5.75 Å². The Kier molecular flexibility index (Phi) is 4.10. The smallest absolute Gasteiger partial charge is 0.337 e. The monoisotopic (exact) mass is 270 g/mol. The Labute approximate surface area is 116 Å². The van der Waals surface area contributed by atoms with Gasteiger partial charge in [-0.15, -0.1) is 5.11 Å². The lowest BCUT2D eigenvalue weighted by Crippen LogP contribution is -1.99. The second kappa shape index (κ2) is 5.97. The van der Waals surface area contributed by atoms with E-state index in [1.54, 1.807) is 42.5 Å². The van der Waals surface area contributed by atoms with E-state index >= 15 is 0 Å². The quantitative estimate of drug-likeness (QED) is 0.679. The largest absolute Gasteiger partial charge is 0.506 e. The second-order valence-corrected chi connectivity index (χ2v) is 4.23. The molecule has 0 atom stereocenters. The van der Waals surface area contributed by atoms with E-state index in [0.717, 1.165) is 5.56 Å². The van der Waals surface area contributed by atoms with Gasteiger partial charge in [0, 0.05) is 0 Å². The molecule has 0 fully saturated rings. The Morgan fingerprint density at radius 2 is 1.80 bits per heavy atom. The summed E-state index contributed by atoms with van der Waals surface area (Å²) in [6, 6.07) is 11.6. The van der Waals surface area contributed by atoms with E-state index in [2.05, 4.69) is 15.0 Å². The number of methoxy groups -OCH3 is 1. The van der Waals surface area contributed by atoms with Crippen LogP contribution in [0, 0.1) is 6.92 Å². The zero-order valence-corrected chi connectivity index (χ0v) is 11.2. The molecule has 1 N–H and O–H groups in total. The van der Waals surface area contributed by atoms with Crippen molar-refractivity contribution in [2.24, 2.45) is 10.2 Å². The zero-order chi connectivity index (χ0) is 14.5. The van der Waals surface area contributed by atoms with E-state index in [1.807, 2.05) is 6.92 Å². The fourth-order valence-corrected chi connectivity index (χ4v) is 1.61. The first kappa shape index (κ1) is 13.7. The van der Waals surface area contributed by atoms with Gasteiger partial charge in [-0.05, 0) is 48.9 Å². The molecule has 0 spiro atoms. The van der Waals surface area contributed by atoms with Gasteiger partial charge in [-0.1, -0.05) is 6.07 Å². The minimum atomic E-state index is -0.398. The topological polar surface area (TPSA) is 71.2 Å². The third-order valence-corrected chi connectivity index (χ3v) is 2.69. The van der Waals surface area contributed by atoms with Gasteiger partial charge in [0.15, 0.2) is 0 Å². The van der Waals surface area contributed by atoms with Gasteiger partial charge in [-0.25, -0.2) is 4.79 Å². The highest BCUT2D eigenvalue weighted by atomic mass is 16.5. The van der Waals surface area contributed by atoms with Crippen LogP contribution in [0.15, 0.2) is 52.7 Å². The minimum absolute atomic E-state index is 0.0746. The molecule has 5 heteroatoms. The minimum Gasteiger partial charge on any atom is -0.506 e. The molecule has 20 heavy (non-hydrogen) atoms. The molecule has 0 aliphatic rings. The van der Waals surface area contributed by atoms with Gasteiger partial charge in [-0.3, -0.25) is 0 Å². The first-order valence-electron chi connectivity index (χ1n) is 6.00. The highest BCUT2D eigenvalue weighted by Gasteiger charge is 2.04. The van der Waals surface area contributed by atoms with Crippen LogP contribution in [0.25, 0.3) is 0 Å². The lowest BCUT2D eigenvalue weighted by molar-refractivity contribution is 0.0601. The number of carbonyl (C=O) groups is 1. The van der Waals surface area contributed by atoms with Crippen LogP contribution < -0.4 is 0 Å². The standard InChI is InChI=1S/C15H14N2O3/c1-10-3-8-14(18)13(9-10)17-16-12-6-4-11(5-7-12)15(19)20-2/h3-9,18H,1-2H3. The molecule has 0 unspecified atom stereocenters. The van der Waals surface area contributed by atoms with Gasteiger partial charge >= 0.3 is 5.97 Å². The Hall–Kier alpha value is -2.69. The molecule has 2 aromatic carbocycles. The Bertz CT molecular complexity index is 649. The van der Waals surface area contributed by atoms with Crippen LogP contribution in [0.5, 0.6) is 5.75 Å². The van der Waals surface area contributed by atoms with Gasteiger partial charge < -0.3 is 9.84 Å². The number of benzene rings is 2. The molecular weight excluding hydrogens is 256 g/mol. The van der Waals surface area contributed by atoms with E-state index in [9.17, 15) is 9.90 Å². The molecule has 0 saturated heterocycles. The Morgan fingerprint density at radius 3 is 2.45 bits per heavy atom. The van der Waals surface area contributed by atoms with Crippen molar-refractivity contribution < 1.29 is 14.6 Å². The number of ether oxygens (including phenoxy) is 1. The predicted octanol–water partition coefficient (Wildman–Crippen LogP) is 3.90. The van der Waals surface area contributed by atoms with Crippen molar-refractivity contribution in [1.82, 2.24) is 0 Å². The van der Waals surface area contributed by atoms with Gasteiger partial charge in [-0.2, -0.15) is 5.11 Å². The summed E-state index contributed by atoms with van der Waals surface area (Å²) < 4.78 is 4.61. The molecule has 0 aliphatic heterocycles. The number of azo groups is 1. The first-order chi connectivity index (χ1) is 9.60. The third kappa shape index (κ3) is 3.20. The van der Waals surface area contributed by atoms with Crippen molar-refractivity contribution in [2.75, 3.05) is 7.11 Å². The molecule has 0 amide bonds. The van der Waals surface area contributed by atoms with E-state index in [1.165, 1.54) is 7.11 Å². The summed E-state index contributed by atoms with van der Waals surface area (Å²) in [6.07, 6.45) is 0. The highest BCUT2D eigenvalue weighted by Crippen LogP contribution is 2.28. The molecule has 2 rings (SSSR count). The van der Waals surface area contributed by atoms with Gasteiger partial charge in [0.25, 0.3) is 0 Å². The maximum atomic E-state index is 11.3. The number of esters is 1. The summed E-state index contributed by atoms with van der Waals surface area (Å²) in [7, 11) is 1.33. The summed E-state index contributed by atoms with van der Waals surface area (Å²) in [6.45, 7) is 1.91. The van der Waals surface area contributed by atoms with Crippen molar-refractivity contribution in [2.45, 2.75) is 6.92 Å². The number of rotatable bonds is 3. The number of aryl methyl sites for hydroxylation is 1. The lowest BCUT2D eigenvalue weighted by Gasteiger charge is -2.00. The normalized spacial score (nSPS) is 10.7. The molecule has 102 valence electrons. The number of nitrogens with zero attached hydrogens (tertiary/aromatic N) is 2. The van der Waals surface area contributed by atoms with Crippen molar-refractivity contribution in [1.29, 1.82) is 0 Å². The van der Waals surface area contributed by atoms with Gasteiger partial charge in [0.1, 0.15) is 11.4 Å². The van der Waals surface area contributed by atoms with Crippen molar-refractivity contribution >= 4 is 17.3 Å². The van der Waals surface area contributed by atoms with E-state index in [0.29, 0.717) is 16.9 Å². The van der Waals surface area contributed by atoms with E-state index in [-0.39, 0.29) is 5.75 Å². The maximum absolute atomic E-state index is 11.3. The number of phenols is 1. The van der Waals surface area contributed by atoms with Crippen molar-refractivity contribution in [3.63, 3.8) is 0 Å². The molecule has 0 aromatic heterocycles. The molecule has 0 aliphatic carbocycles. The molecule has 5 nitrogen and oxygen atoms in total. The number of hydrogen-bond acceptors (Lipinski definition) is 5. The molecule has 0 radical (unpaired) electrons. The lowest BCUT2D eigenvalue weighted by atomic mass is 10.2. The number of carbonyl (C=O) groups excluding carboxylic acids is 1. The van der Waals surface area contributed by atoms with E-state index < -0.39 is 5.97 Å². The Balaban J connectivity index is 2.19. The summed E-state index contributed by atoms with van der Waals surface area (Å²) in [5.74, 6) is -0.324. The van der Waals surface area contributed by atoms with Gasteiger partial charge in [0.05, 0.1) is 18.4 Å². The van der Waals surface area contributed by atoms with Crippen LogP contribution in [0.3, 0.4) is 0 Å². The van der Waals surface area contributed by atoms with Crippen LogP contribution in [-0.4, -0.2) is 18.2 Å². The molecule has 0 heterocycles. The van der Waals surface area contributed by atoms with Crippen LogP contribution in [-0.2, 0) is 4.74 Å². The average molecular weight is 270 g/mol. The van der Waals surface area contributed by atoms with E-state index in [4.69, 9.17) is 0 Å². The molecule has 0 bridgehead atoms. The predicted molar refractivity (Wildman–Crippen MR) is 74.8 cm³/mol. The second-order valence-electron chi connectivity index (χ2n) is 4.23. The fraction of sp³-hybridized carbons (Fsp3) is 0.133. The number of phenolic OH excluding ortho intramolecular Hbond substituents is 1. The SMILES string of the molecule is COC(=O)c1ccc(N=Nc2cc(C)ccc2O)cc1. The maximum Gasteiger partial charge on any atom is 0.337 e. The van der Waals surface area contributed by atoms with Gasteiger partial charge in [0.2, 0.25) is 0 Å². The summed E-state index contributed by atoms with van der Waals surface area (Å²) >= 11 is 0. The Morgan fingerprint density at radius 1 is 1.10 bits per heavy atom. The molecule has 0 saturated carbocycles. The highest BCUT2D eigenvalue weighted by molar-refractivity contribution is 5.89. The van der Waals surface area contributed by atoms with Crippen LogP contribution >= 0.6 is 0 Å². The van der Waals surface area contributed by atoms with Crippen molar-refractivity contribution in [3.05, 3.63) is 53.6 Å². The third-order valence-electron chi connectivity index (χ3n) is 2.69. The van der Waals surface area contributed by atoms with Crippen LogP contribution in [0.2, 0.25) is 0 Å². The summed E-state index contributed by atoms with van der Waals surface area (Å²) in [5, 5.41) is 17.7. The first-order valence-corrected chi connectivity index (χ1v) is 6.00. The van der Waals surface area contributed by atoms with Crippen LogP contribution in [0.1, 0.15) is 15.9 Å². The summed E-state index contributed by atoms with van der Waals surface area (Å²) in [4.78, 5) is 11.3. The zero-order valence-electron chi connectivity index (χ0n) is 11.2. The summed E-state index contributed by atoms with van der Waals surface area (Å²) in [5.41, 5.74) is 2.42. The fourth-order valence-electron chi connectivity index (χ4n) is 1.61.